The highest BCUT2D eigenvalue weighted by atomic mass is 127. The van der Waals surface area contributed by atoms with Gasteiger partial charge in [-0.25, -0.2) is 0 Å². The number of nitrogens with zero attached hydrogens (tertiary/aromatic N) is 2. The van der Waals surface area contributed by atoms with E-state index in [9.17, 15) is 24.8 Å². The SMILES string of the molecule is O=C1NC(=S)N(c2cccc(Br)c2)C(=O)/C1=C/c1cc(I)c(O)c([N+](=O)[O-])c1. The van der Waals surface area contributed by atoms with Crippen LogP contribution in [0.4, 0.5) is 11.4 Å². The number of nitrogens with one attached hydrogen (secondary N) is 1. The van der Waals surface area contributed by atoms with Gasteiger partial charge in [-0.1, -0.05) is 22.0 Å². The Kier molecular flexibility index (Phi) is 5.76. The van der Waals surface area contributed by atoms with E-state index in [1.54, 1.807) is 46.9 Å². The van der Waals surface area contributed by atoms with Crippen molar-refractivity contribution in [1.82, 2.24) is 5.32 Å². The summed E-state index contributed by atoms with van der Waals surface area (Å²) in [6, 6.07) is 9.30. The van der Waals surface area contributed by atoms with Gasteiger partial charge in [0.05, 0.1) is 14.2 Å². The molecule has 1 heterocycles. The Labute approximate surface area is 185 Å². The number of nitro benzene ring substituents is 1. The third kappa shape index (κ3) is 3.91. The number of hydrogen-bond acceptors (Lipinski definition) is 6. The quantitative estimate of drug-likeness (QED) is 0.145. The van der Waals surface area contributed by atoms with E-state index in [-0.39, 0.29) is 19.8 Å². The number of rotatable bonds is 3. The highest BCUT2D eigenvalue weighted by Gasteiger charge is 2.34. The van der Waals surface area contributed by atoms with Crippen molar-refractivity contribution in [3.05, 3.63) is 65.7 Å². The Bertz CT molecular complexity index is 1090. The summed E-state index contributed by atoms with van der Waals surface area (Å²) in [4.78, 5) is 36.8. The number of carbonyl (C=O) groups is 2. The molecule has 0 radical (unpaired) electrons. The minimum absolute atomic E-state index is 0.0727. The molecule has 1 aliphatic rings. The van der Waals surface area contributed by atoms with Gasteiger partial charge >= 0.3 is 5.69 Å². The Morgan fingerprint density at radius 3 is 2.64 bits per heavy atom. The second-order valence-corrected chi connectivity index (χ2v) is 8.03. The minimum Gasteiger partial charge on any atom is -0.501 e. The number of carbonyl (C=O) groups excluding carboxylic acids is 2. The molecule has 3 rings (SSSR count). The highest BCUT2D eigenvalue weighted by Crippen LogP contribution is 2.33. The molecule has 2 N–H and O–H groups in total. The number of phenolic OH excluding ortho intramolecular Hbond substituents is 1. The lowest BCUT2D eigenvalue weighted by Crippen LogP contribution is -2.54. The van der Waals surface area contributed by atoms with Crippen LogP contribution in [0.1, 0.15) is 5.56 Å². The lowest BCUT2D eigenvalue weighted by atomic mass is 10.1. The fourth-order valence-corrected chi connectivity index (χ4v) is 3.81. The molecule has 1 saturated heterocycles. The monoisotopic (exact) mass is 573 g/mol. The lowest BCUT2D eigenvalue weighted by Gasteiger charge is -2.29. The van der Waals surface area contributed by atoms with Gasteiger partial charge in [0.25, 0.3) is 11.8 Å². The topological polar surface area (TPSA) is 113 Å². The number of hydrogen-bond donors (Lipinski definition) is 2. The summed E-state index contributed by atoms with van der Waals surface area (Å²) in [5.74, 6) is -1.87. The summed E-state index contributed by atoms with van der Waals surface area (Å²) in [6.07, 6.45) is 1.22. The number of nitro groups is 1. The first-order chi connectivity index (χ1) is 13.2. The van der Waals surface area contributed by atoms with Crippen molar-refractivity contribution in [3.63, 3.8) is 0 Å². The van der Waals surface area contributed by atoms with Crippen molar-refractivity contribution in [2.24, 2.45) is 0 Å². The number of amides is 2. The van der Waals surface area contributed by atoms with E-state index in [2.05, 4.69) is 21.2 Å². The van der Waals surface area contributed by atoms with E-state index in [0.29, 0.717) is 10.2 Å². The predicted molar refractivity (Wildman–Crippen MR) is 118 cm³/mol. The normalized spacial score (nSPS) is 15.7. The van der Waals surface area contributed by atoms with Gasteiger partial charge in [-0.3, -0.25) is 29.9 Å². The third-order valence-electron chi connectivity index (χ3n) is 3.74. The molecular formula is C17H9BrIN3O5S. The number of anilines is 1. The molecule has 2 amide bonds. The zero-order valence-electron chi connectivity index (χ0n) is 13.7. The van der Waals surface area contributed by atoms with Gasteiger partial charge in [0.1, 0.15) is 5.57 Å². The first kappa shape index (κ1) is 20.4. The number of phenols is 1. The molecule has 142 valence electrons. The molecule has 0 unspecified atom stereocenters. The van der Waals surface area contributed by atoms with Gasteiger partial charge in [-0.15, -0.1) is 0 Å². The summed E-state index contributed by atoms with van der Waals surface area (Å²) >= 11 is 10.2. The Morgan fingerprint density at radius 2 is 2.00 bits per heavy atom. The summed E-state index contributed by atoms with van der Waals surface area (Å²) in [5.41, 5.74) is -0.109. The Morgan fingerprint density at radius 1 is 1.29 bits per heavy atom. The average molecular weight is 574 g/mol. The van der Waals surface area contributed by atoms with Crippen LogP contribution in [0.2, 0.25) is 0 Å². The van der Waals surface area contributed by atoms with Gasteiger partial charge < -0.3 is 5.11 Å². The number of aromatic hydroxyl groups is 1. The molecule has 2 aromatic carbocycles. The maximum Gasteiger partial charge on any atom is 0.312 e. The maximum atomic E-state index is 12.9. The standard InChI is InChI=1S/C17H9BrIN3O5S/c18-9-2-1-3-10(7-9)21-16(25)11(15(24)20-17(21)28)4-8-5-12(19)14(23)13(6-8)22(26)27/h1-7,23H,(H,20,24,28)/b11-4+. The van der Waals surface area contributed by atoms with Crippen LogP contribution in [0.5, 0.6) is 5.75 Å². The van der Waals surface area contributed by atoms with E-state index >= 15 is 0 Å². The van der Waals surface area contributed by atoms with E-state index in [1.165, 1.54) is 12.1 Å². The number of halogens is 2. The van der Waals surface area contributed by atoms with Crippen LogP contribution in [-0.4, -0.2) is 27.0 Å². The molecule has 0 spiro atoms. The molecule has 1 aliphatic heterocycles. The van der Waals surface area contributed by atoms with Crippen molar-refractivity contribution in [3.8, 4) is 5.75 Å². The van der Waals surface area contributed by atoms with Gasteiger partial charge in [0, 0.05) is 10.5 Å². The van der Waals surface area contributed by atoms with E-state index in [1.807, 2.05) is 0 Å². The zero-order chi connectivity index (χ0) is 20.6. The van der Waals surface area contributed by atoms with Crippen LogP contribution in [0.3, 0.4) is 0 Å². The number of thiocarbonyl (C=S) groups is 1. The van der Waals surface area contributed by atoms with Crippen molar-refractivity contribution in [2.75, 3.05) is 4.90 Å². The first-order valence-corrected chi connectivity index (χ1v) is 9.81. The van der Waals surface area contributed by atoms with Crippen molar-refractivity contribution >= 4 is 85.1 Å². The highest BCUT2D eigenvalue weighted by molar-refractivity contribution is 14.1. The van der Waals surface area contributed by atoms with Crippen molar-refractivity contribution in [2.45, 2.75) is 0 Å². The third-order valence-corrected chi connectivity index (χ3v) is 5.34. The molecule has 28 heavy (non-hydrogen) atoms. The lowest BCUT2D eigenvalue weighted by molar-refractivity contribution is -0.386. The largest absolute Gasteiger partial charge is 0.501 e. The van der Waals surface area contributed by atoms with Crippen LogP contribution >= 0.6 is 50.7 Å². The zero-order valence-corrected chi connectivity index (χ0v) is 18.2. The smallest absolute Gasteiger partial charge is 0.312 e. The van der Waals surface area contributed by atoms with Gasteiger partial charge in [-0.2, -0.15) is 0 Å². The predicted octanol–water partition coefficient (Wildman–Crippen LogP) is 3.50. The van der Waals surface area contributed by atoms with Crippen LogP contribution < -0.4 is 10.2 Å². The molecule has 0 saturated carbocycles. The Balaban J connectivity index is 2.08. The average Bonchev–Trinajstić information content (AvgIpc) is 2.61. The van der Waals surface area contributed by atoms with Crippen molar-refractivity contribution in [1.29, 1.82) is 0 Å². The Hall–Kier alpha value is -2.38. The molecule has 2 aromatic rings. The van der Waals surface area contributed by atoms with E-state index in [4.69, 9.17) is 12.2 Å². The van der Waals surface area contributed by atoms with Crippen LogP contribution in [0.15, 0.2) is 46.4 Å². The fraction of sp³-hybridized carbons (Fsp3) is 0. The summed E-state index contributed by atoms with van der Waals surface area (Å²) in [6.45, 7) is 0. The molecule has 0 aliphatic carbocycles. The molecule has 8 nitrogen and oxygen atoms in total. The second-order valence-electron chi connectivity index (χ2n) is 5.57. The minimum atomic E-state index is -0.745. The first-order valence-electron chi connectivity index (χ1n) is 7.53. The molecule has 11 heteroatoms. The van der Waals surface area contributed by atoms with E-state index < -0.39 is 28.2 Å². The van der Waals surface area contributed by atoms with Crippen LogP contribution in [-0.2, 0) is 9.59 Å². The molecule has 0 atom stereocenters. The summed E-state index contributed by atoms with van der Waals surface area (Å²) in [5, 5.41) is 23.3. The van der Waals surface area contributed by atoms with Gasteiger partial charge in [0.15, 0.2) is 5.11 Å². The molecule has 0 bridgehead atoms. The van der Waals surface area contributed by atoms with Crippen molar-refractivity contribution < 1.29 is 19.6 Å². The fourth-order valence-electron chi connectivity index (χ4n) is 2.50. The molecule has 0 aromatic heterocycles. The van der Waals surface area contributed by atoms with Gasteiger partial charge in [0.2, 0.25) is 5.75 Å². The van der Waals surface area contributed by atoms with E-state index in [0.717, 1.165) is 11.0 Å². The maximum absolute atomic E-state index is 12.9. The van der Waals surface area contributed by atoms with Gasteiger partial charge in [-0.05, 0) is 70.7 Å². The second kappa shape index (κ2) is 7.93. The molecular weight excluding hydrogens is 565 g/mol. The van der Waals surface area contributed by atoms with Crippen LogP contribution in [0.25, 0.3) is 6.08 Å². The summed E-state index contributed by atoms with van der Waals surface area (Å²) in [7, 11) is 0. The molecule has 1 fully saturated rings. The summed E-state index contributed by atoms with van der Waals surface area (Å²) < 4.78 is 0.924. The van der Waals surface area contributed by atoms with Crippen LogP contribution in [0, 0.1) is 13.7 Å². The number of benzene rings is 2.